The largest absolute Gasteiger partial charge is 0.310 e. The zero-order valence-electron chi connectivity index (χ0n) is 57.0. The Kier molecular flexibility index (Phi) is 3.58. The van der Waals surface area contributed by atoms with E-state index in [1.807, 2.05) is 0 Å². The van der Waals surface area contributed by atoms with Crippen molar-refractivity contribution in [1.29, 1.82) is 0 Å². The molecule has 250 valence electrons. The zero-order chi connectivity index (χ0) is 61.5. The van der Waals surface area contributed by atoms with E-state index in [0.29, 0.717) is 15.7 Å². The van der Waals surface area contributed by atoms with Gasteiger partial charge in [-0.1, -0.05) is 187 Å². The van der Waals surface area contributed by atoms with Crippen LogP contribution in [0.1, 0.15) is 41.1 Å². The van der Waals surface area contributed by atoms with E-state index in [2.05, 4.69) is 0 Å². The highest BCUT2D eigenvalue weighted by atomic mass is 15.1. The minimum atomic E-state index is -1.23. The molecule has 9 aromatic carbocycles. The van der Waals surface area contributed by atoms with Crippen molar-refractivity contribution in [3.63, 3.8) is 0 Å². The Hall–Kier alpha value is -6.96. The Morgan fingerprint density at radius 2 is 0.698 bits per heavy atom. The van der Waals surface area contributed by atoms with Crippen LogP contribution in [-0.2, 0) is 0 Å². The third kappa shape index (κ3) is 6.65. The van der Waals surface area contributed by atoms with Gasteiger partial charge in [-0.05, 0) is 103 Å². The second kappa shape index (κ2) is 14.3. The van der Waals surface area contributed by atoms with Crippen LogP contribution in [0.2, 0.25) is 0 Å². The number of rotatable bonds is 8. The van der Waals surface area contributed by atoms with Crippen molar-refractivity contribution in [2.24, 2.45) is 0 Å². The van der Waals surface area contributed by atoms with Crippen LogP contribution in [0.4, 0.5) is 17.1 Å². The molecule has 0 aliphatic carbocycles. The van der Waals surface area contributed by atoms with Gasteiger partial charge in [0, 0.05) is 17.1 Å². The monoisotopic (exact) mass is 705 g/mol. The van der Waals surface area contributed by atoms with Gasteiger partial charge >= 0.3 is 0 Å². The van der Waals surface area contributed by atoms with Gasteiger partial charge in [0.05, 0.1) is 41.1 Å². The van der Waals surface area contributed by atoms with Gasteiger partial charge in [-0.25, -0.2) is 0 Å². The van der Waals surface area contributed by atoms with Crippen molar-refractivity contribution < 1.29 is 41.1 Å². The standard InChI is InChI=1S/C52H37N/c1-3-11-38(12-4-1)40-21-25-42(26-22-40)44-29-33-48(34-30-44)53(50-18-9-17-47(37-50)52-20-10-16-46-15-7-8-19-51(46)52)49-35-31-45(32-36-49)43-27-23-41(24-28-43)39-13-5-2-6-14-39/h1-37H/i1D,2D,3D,4D,5D,6D,9D,11D,12D,13D,14D,17D,18D,21D,22D,23D,24D,25D,26D,27D,28D,29D,30D,31D,32D,33D,34D,35D,36D,37D. The molecule has 9 rings (SSSR count). The van der Waals surface area contributed by atoms with Crippen LogP contribution in [0, 0.1) is 0 Å². The molecule has 0 spiro atoms. The Morgan fingerprint density at radius 1 is 0.302 bits per heavy atom. The van der Waals surface area contributed by atoms with Gasteiger partial charge in [0.15, 0.2) is 0 Å². The minimum absolute atomic E-state index is 0.114. The molecule has 0 aromatic heterocycles. The first kappa shape index (κ1) is 13.2. The Morgan fingerprint density at radius 3 is 1.19 bits per heavy atom. The lowest BCUT2D eigenvalue weighted by Crippen LogP contribution is -2.10. The van der Waals surface area contributed by atoms with Crippen LogP contribution in [0.15, 0.2) is 224 Å². The number of anilines is 3. The van der Waals surface area contributed by atoms with E-state index in [-0.39, 0.29) is 11.1 Å². The predicted octanol–water partition coefficient (Wildman–Crippen LogP) is 14.6. The first-order valence-electron chi connectivity index (χ1n) is 30.7. The third-order valence-electron chi connectivity index (χ3n) is 7.82. The average molecular weight is 706 g/mol. The Labute approximate surface area is 353 Å². The fraction of sp³-hybridized carbons (Fsp3) is 0. The molecule has 0 aliphatic rings. The molecular weight excluding hydrogens is 639 g/mol. The topological polar surface area (TPSA) is 3.24 Å². The van der Waals surface area contributed by atoms with E-state index in [9.17, 15) is 13.7 Å². The molecule has 1 heteroatoms. The Balaban J connectivity index is 1.39. The number of hydrogen-bond donors (Lipinski definition) is 0. The number of hydrogen-bond acceptors (Lipinski definition) is 1. The molecule has 0 saturated heterocycles. The molecule has 0 unspecified atom stereocenters. The number of fused-ring (bicyclic) bond motifs is 1. The molecule has 53 heavy (non-hydrogen) atoms. The van der Waals surface area contributed by atoms with Crippen LogP contribution >= 0.6 is 0 Å². The van der Waals surface area contributed by atoms with E-state index in [1.165, 1.54) is 6.07 Å². The SMILES string of the molecule is [2H]c1c([2H])c([2H])c(-c2c([2H])c([2H])c(-c3c([2H])c([2H])c(N(c4c([2H])c([2H])c(-c5c([2H])c([2H])c(-c6c([2H])c([2H])c([2H])c([2H])c6[2H])c([2H])c5[2H])c([2H])c4[2H])c4c([2H])c([2H])c([2H])c(-c5cccc6ccccc56)c4[2H])c([2H])c3[2H])c([2H])c2[2H])c([2H])c1[2H]. The highest BCUT2D eigenvalue weighted by Gasteiger charge is 2.15. The molecular formula is C52H37N. The van der Waals surface area contributed by atoms with Gasteiger partial charge in [-0.15, -0.1) is 0 Å². The minimum Gasteiger partial charge on any atom is -0.310 e. The van der Waals surface area contributed by atoms with Crippen molar-refractivity contribution in [3.8, 4) is 55.6 Å². The predicted molar refractivity (Wildman–Crippen MR) is 226 cm³/mol. The van der Waals surface area contributed by atoms with Gasteiger partial charge in [-0.3, -0.25) is 0 Å². The average Bonchev–Trinajstić information content (AvgIpc) is 1.30. The van der Waals surface area contributed by atoms with Crippen LogP contribution in [0.3, 0.4) is 0 Å². The molecule has 0 aliphatic heterocycles. The summed E-state index contributed by atoms with van der Waals surface area (Å²) < 4.78 is 269. The highest BCUT2D eigenvalue weighted by Crippen LogP contribution is 2.39. The summed E-state index contributed by atoms with van der Waals surface area (Å²) >= 11 is 0. The van der Waals surface area contributed by atoms with E-state index in [1.54, 1.807) is 36.4 Å². The summed E-state index contributed by atoms with van der Waals surface area (Å²) in [6.07, 6.45) is 0. The summed E-state index contributed by atoms with van der Waals surface area (Å²) in [7, 11) is 0. The maximum absolute atomic E-state index is 9.84. The molecule has 0 fully saturated rings. The molecule has 0 amide bonds. The fourth-order valence-electron chi connectivity index (χ4n) is 5.32. The van der Waals surface area contributed by atoms with Gasteiger partial charge < -0.3 is 4.90 Å². The zero-order valence-corrected chi connectivity index (χ0v) is 27.0. The van der Waals surface area contributed by atoms with Gasteiger partial charge in [0.1, 0.15) is 0 Å². The fourth-order valence-corrected chi connectivity index (χ4v) is 5.32. The maximum Gasteiger partial charge on any atom is 0.0651 e. The molecule has 1 nitrogen and oxygen atoms in total. The molecule has 0 heterocycles. The van der Waals surface area contributed by atoms with Crippen molar-refractivity contribution in [1.82, 2.24) is 0 Å². The second-order valence-electron chi connectivity index (χ2n) is 11.0. The Bertz CT molecular complexity index is 4020. The van der Waals surface area contributed by atoms with E-state index < -0.39 is 243 Å². The molecule has 0 atom stereocenters. The van der Waals surface area contributed by atoms with Gasteiger partial charge in [-0.2, -0.15) is 0 Å². The summed E-state index contributed by atoms with van der Waals surface area (Å²) in [6, 6.07) is -19.1. The van der Waals surface area contributed by atoms with Crippen molar-refractivity contribution in [2.45, 2.75) is 0 Å². The highest BCUT2D eigenvalue weighted by molar-refractivity contribution is 5.97. The van der Waals surface area contributed by atoms with E-state index in [0.717, 1.165) is 0 Å². The van der Waals surface area contributed by atoms with Crippen molar-refractivity contribution in [2.75, 3.05) is 4.90 Å². The summed E-state index contributed by atoms with van der Waals surface area (Å²) in [4.78, 5) is 0.443. The first-order chi connectivity index (χ1) is 38.8. The summed E-state index contributed by atoms with van der Waals surface area (Å²) in [5, 5.41) is 0.976. The van der Waals surface area contributed by atoms with Crippen LogP contribution in [-0.4, -0.2) is 0 Å². The normalized spacial score (nSPS) is 18.9. The maximum atomic E-state index is 9.84. The molecule has 0 bridgehead atoms. The summed E-state index contributed by atoms with van der Waals surface area (Å²) in [5.41, 5.74) is -10.1. The van der Waals surface area contributed by atoms with Gasteiger partial charge in [0.25, 0.3) is 0 Å². The van der Waals surface area contributed by atoms with E-state index >= 15 is 0 Å². The first-order valence-corrected chi connectivity index (χ1v) is 15.7. The van der Waals surface area contributed by atoms with Crippen molar-refractivity contribution in [3.05, 3.63) is 224 Å². The quantitative estimate of drug-likeness (QED) is 0.152. The molecule has 0 N–H and O–H groups in total. The smallest absolute Gasteiger partial charge is 0.0651 e. The second-order valence-corrected chi connectivity index (χ2v) is 11.0. The third-order valence-corrected chi connectivity index (χ3v) is 7.82. The lowest BCUT2D eigenvalue weighted by atomic mass is 9.97. The van der Waals surface area contributed by atoms with Crippen LogP contribution in [0.5, 0.6) is 0 Å². The molecule has 9 aromatic rings. The lowest BCUT2D eigenvalue weighted by molar-refractivity contribution is 1.28. The van der Waals surface area contributed by atoms with Gasteiger partial charge in [0.2, 0.25) is 0 Å². The summed E-state index contributed by atoms with van der Waals surface area (Å²) in [5.74, 6) is 0. The number of nitrogens with zero attached hydrogens (tertiary/aromatic N) is 1. The van der Waals surface area contributed by atoms with Crippen LogP contribution in [0.25, 0.3) is 66.4 Å². The molecule has 0 radical (unpaired) electrons. The van der Waals surface area contributed by atoms with Crippen LogP contribution < -0.4 is 4.90 Å². The lowest BCUT2D eigenvalue weighted by Gasteiger charge is -2.26. The number of benzene rings is 9. The molecule has 0 saturated carbocycles. The summed E-state index contributed by atoms with van der Waals surface area (Å²) in [6.45, 7) is 0. The van der Waals surface area contributed by atoms with E-state index in [4.69, 9.17) is 27.4 Å². The van der Waals surface area contributed by atoms with Crippen molar-refractivity contribution >= 4 is 27.8 Å².